The maximum atomic E-state index is 11.3. The molecule has 0 aliphatic heterocycles. The first-order valence-electron chi connectivity index (χ1n) is 5.10. The standard InChI is InChI=1S/C10H10N4O3S/c1-5(15)9-4-8(14(16)17)10(18-9)13-7(3)11-6(2)12-13/h4H,1-3H3. The Labute approximate surface area is 106 Å². The van der Waals surface area contributed by atoms with Crippen LogP contribution in [0.3, 0.4) is 0 Å². The van der Waals surface area contributed by atoms with E-state index >= 15 is 0 Å². The summed E-state index contributed by atoms with van der Waals surface area (Å²) in [6, 6.07) is 1.28. The van der Waals surface area contributed by atoms with Crippen LogP contribution in [0.2, 0.25) is 0 Å². The number of ketones is 1. The van der Waals surface area contributed by atoms with Crippen LogP contribution in [0.15, 0.2) is 6.07 Å². The molecule has 0 N–H and O–H groups in total. The number of aromatic nitrogens is 3. The van der Waals surface area contributed by atoms with Crippen molar-refractivity contribution in [3.8, 4) is 5.00 Å². The zero-order valence-corrected chi connectivity index (χ0v) is 10.8. The Bertz CT molecular complexity index is 644. The molecule has 94 valence electrons. The Balaban J connectivity index is 2.66. The molecular formula is C10H10N4O3S. The molecule has 0 spiro atoms. The molecule has 7 nitrogen and oxygen atoms in total. The van der Waals surface area contributed by atoms with E-state index in [1.165, 1.54) is 17.7 Å². The van der Waals surface area contributed by atoms with Crippen molar-refractivity contribution in [1.82, 2.24) is 14.8 Å². The SMILES string of the molecule is CC(=O)c1cc([N+](=O)[O-])c(-n2nc(C)nc2C)s1. The molecule has 0 unspecified atom stereocenters. The molecule has 0 aromatic carbocycles. The van der Waals surface area contributed by atoms with Crippen LogP contribution in [0.25, 0.3) is 5.00 Å². The van der Waals surface area contributed by atoms with Gasteiger partial charge in [0.25, 0.3) is 0 Å². The van der Waals surface area contributed by atoms with E-state index in [4.69, 9.17) is 0 Å². The molecule has 0 bridgehead atoms. The Kier molecular flexibility index (Phi) is 2.95. The second kappa shape index (κ2) is 4.30. The van der Waals surface area contributed by atoms with Gasteiger partial charge in [0.15, 0.2) is 10.8 Å². The van der Waals surface area contributed by atoms with Gasteiger partial charge in [-0.1, -0.05) is 0 Å². The summed E-state index contributed by atoms with van der Waals surface area (Å²) in [5.74, 6) is 0.871. The number of carbonyl (C=O) groups excluding carboxylic acids is 1. The Morgan fingerprint density at radius 1 is 1.50 bits per heavy atom. The van der Waals surface area contributed by atoms with Gasteiger partial charge in [-0.05, 0) is 20.8 Å². The van der Waals surface area contributed by atoms with E-state index in [-0.39, 0.29) is 11.5 Å². The quantitative estimate of drug-likeness (QED) is 0.481. The van der Waals surface area contributed by atoms with Gasteiger partial charge in [-0.3, -0.25) is 14.9 Å². The zero-order chi connectivity index (χ0) is 13.4. The first kappa shape index (κ1) is 12.4. The molecule has 0 aliphatic rings. The molecule has 0 atom stereocenters. The summed E-state index contributed by atoms with van der Waals surface area (Å²) < 4.78 is 1.39. The van der Waals surface area contributed by atoms with E-state index in [9.17, 15) is 14.9 Å². The smallest absolute Gasteiger partial charge is 0.294 e. The monoisotopic (exact) mass is 266 g/mol. The van der Waals surface area contributed by atoms with Crippen LogP contribution in [0, 0.1) is 24.0 Å². The fourth-order valence-corrected chi connectivity index (χ4v) is 2.56. The van der Waals surface area contributed by atoms with Crippen LogP contribution in [0.5, 0.6) is 0 Å². The highest BCUT2D eigenvalue weighted by Gasteiger charge is 2.24. The number of aryl methyl sites for hydroxylation is 2. The molecule has 0 saturated carbocycles. The van der Waals surface area contributed by atoms with Crippen molar-refractivity contribution in [1.29, 1.82) is 0 Å². The molecule has 0 aliphatic carbocycles. The van der Waals surface area contributed by atoms with E-state index in [2.05, 4.69) is 10.1 Å². The van der Waals surface area contributed by atoms with Crippen LogP contribution in [0.4, 0.5) is 5.69 Å². The number of nitro groups is 1. The van der Waals surface area contributed by atoms with E-state index < -0.39 is 4.92 Å². The molecule has 2 rings (SSSR count). The zero-order valence-electron chi connectivity index (χ0n) is 10.00. The highest BCUT2D eigenvalue weighted by Crippen LogP contribution is 2.33. The highest BCUT2D eigenvalue weighted by atomic mass is 32.1. The normalized spacial score (nSPS) is 10.6. The number of hydrogen-bond acceptors (Lipinski definition) is 6. The number of Topliss-reactive ketones (excluding diaryl/α,β-unsaturated/α-hetero) is 1. The Hall–Kier alpha value is -2.09. The molecule has 8 heteroatoms. The van der Waals surface area contributed by atoms with Gasteiger partial charge in [0.1, 0.15) is 11.6 Å². The number of nitrogens with zero attached hydrogens (tertiary/aromatic N) is 4. The van der Waals surface area contributed by atoms with E-state index in [1.807, 2.05) is 0 Å². The average molecular weight is 266 g/mol. The van der Waals surface area contributed by atoms with Crippen molar-refractivity contribution in [3.05, 3.63) is 32.7 Å². The summed E-state index contributed by atoms with van der Waals surface area (Å²) in [5.41, 5.74) is -0.127. The van der Waals surface area contributed by atoms with Gasteiger partial charge in [-0.15, -0.1) is 11.3 Å². The lowest BCUT2D eigenvalue weighted by molar-refractivity contribution is -0.384. The van der Waals surface area contributed by atoms with Crippen LogP contribution < -0.4 is 0 Å². The van der Waals surface area contributed by atoms with Crippen LogP contribution in [0.1, 0.15) is 28.2 Å². The minimum Gasteiger partial charge on any atom is -0.294 e. The minimum absolute atomic E-state index is 0.127. The van der Waals surface area contributed by atoms with Crippen molar-refractivity contribution in [2.75, 3.05) is 0 Å². The van der Waals surface area contributed by atoms with Gasteiger partial charge in [-0.2, -0.15) is 5.10 Å². The van der Waals surface area contributed by atoms with Crippen molar-refractivity contribution in [3.63, 3.8) is 0 Å². The number of hydrogen-bond donors (Lipinski definition) is 0. The van der Waals surface area contributed by atoms with Gasteiger partial charge in [0.05, 0.1) is 9.80 Å². The highest BCUT2D eigenvalue weighted by molar-refractivity contribution is 7.17. The van der Waals surface area contributed by atoms with Crippen molar-refractivity contribution < 1.29 is 9.72 Å². The number of thiophene rings is 1. The summed E-state index contributed by atoms with van der Waals surface area (Å²) in [4.78, 5) is 26.2. The molecule has 2 heterocycles. The predicted molar refractivity (Wildman–Crippen MR) is 65.4 cm³/mol. The third-order valence-electron chi connectivity index (χ3n) is 2.30. The first-order chi connectivity index (χ1) is 8.40. The summed E-state index contributed by atoms with van der Waals surface area (Å²) in [6.07, 6.45) is 0. The van der Waals surface area contributed by atoms with E-state index in [1.54, 1.807) is 13.8 Å². The molecule has 0 saturated heterocycles. The number of rotatable bonds is 3. The average Bonchev–Trinajstić information content (AvgIpc) is 2.81. The van der Waals surface area contributed by atoms with Crippen LogP contribution in [-0.2, 0) is 0 Å². The number of carbonyl (C=O) groups is 1. The summed E-state index contributed by atoms with van der Waals surface area (Å²) in [5, 5.41) is 15.4. The third kappa shape index (κ3) is 2.02. The molecule has 0 amide bonds. The molecule has 18 heavy (non-hydrogen) atoms. The fourth-order valence-electron chi connectivity index (χ4n) is 1.54. The first-order valence-corrected chi connectivity index (χ1v) is 5.91. The second-order valence-corrected chi connectivity index (χ2v) is 4.76. The van der Waals surface area contributed by atoms with Crippen LogP contribution >= 0.6 is 11.3 Å². The fraction of sp³-hybridized carbons (Fsp3) is 0.300. The maximum Gasteiger partial charge on any atom is 0.306 e. The maximum absolute atomic E-state index is 11.3. The van der Waals surface area contributed by atoms with Crippen LogP contribution in [-0.4, -0.2) is 25.5 Å². The van der Waals surface area contributed by atoms with Gasteiger partial charge in [0.2, 0.25) is 0 Å². The minimum atomic E-state index is -0.519. The van der Waals surface area contributed by atoms with Crippen molar-refractivity contribution in [2.45, 2.75) is 20.8 Å². The Morgan fingerprint density at radius 2 is 2.17 bits per heavy atom. The van der Waals surface area contributed by atoms with Gasteiger partial charge in [-0.25, -0.2) is 9.67 Å². The molecule has 2 aromatic rings. The van der Waals surface area contributed by atoms with Gasteiger partial charge in [0, 0.05) is 6.07 Å². The van der Waals surface area contributed by atoms with Gasteiger partial charge >= 0.3 is 5.69 Å². The lowest BCUT2D eigenvalue weighted by Crippen LogP contribution is -2.00. The van der Waals surface area contributed by atoms with Crippen molar-refractivity contribution >= 4 is 22.8 Å². The lowest BCUT2D eigenvalue weighted by atomic mass is 10.3. The summed E-state index contributed by atoms with van der Waals surface area (Å²) in [6.45, 7) is 4.78. The molecule has 0 radical (unpaired) electrons. The summed E-state index contributed by atoms with van der Waals surface area (Å²) >= 11 is 1.05. The predicted octanol–water partition coefficient (Wildman–Crippen LogP) is 2.06. The van der Waals surface area contributed by atoms with Gasteiger partial charge < -0.3 is 0 Å². The van der Waals surface area contributed by atoms with E-state index in [0.29, 0.717) is 21.5 Å². The molecule has 2 aromatic heterocycles. The third-order valence-corrected chi connectivity index (χ3v) is 3.51. The molecular weight excluding hydrogens is 256 g/mol. The largest absolute Gasteiger partial charge is 0.306 e. The topological polar surface area (TPSA) is 90.9 Å². The summed E-state index contributed by atoms with van der Waals surface area (Å²) in [7, 11) is 0. The second-order valence-electron chi connectivity index (χ2n) is 3.73. The lowest BCUT2D eigenvalue weighted by Gasteiger charge is -1.97. The van der Waals surface area contributed by atoms with Crippen molar-refractivity contribution in [2.24, 2.45) is 0 Å². The van der Waals surface area contributed by atoms with E-state index in [0.717, 1.165) is 11.3 Å². The molecule has 0 fully saturated rings. The Morgan fingerprint density at radius 3 is 2.61 bits per heavy atom.